The van der Waals surface area contributed by atoms with Crippen LogP contribution >= 0.6 is 22.6 Å². The van der Waals surface area contributed by atoms with E-state index in [9.17, 15) is 14.0 Å². The maximum absolute atomic E-state index is 13.8. The minimum absolute atomic E-state index is 0.116. The molecule has 0 spiro atoms. The van der Waals surface area contributed by atoms with Gasteiger partial charge in [0.2, 0.25) is 0 Å². The Bertz CT molecular complexity index is 743. The normalized spacial score (nSPS) is 10.3. The summed E-state index contributed by atoms with van der Waals surface area (Å²) in [5.41, 5.74) is 5.39. The molecule has 0 saturated carbocycles. The lowest BCUT2D eigenvalue weighted by molar-refractivity contribution is 0.100. The topological polar surface area (TPSA) is 77.1 Å². The SMILES string of the molecule is Cn1cc(C(N)=O)c(Nc2ccc(I)cc2F)cc1=O. The predicted octanol–water partition coefficient (Wildman–Crippen LogP) is 1.97. The molecule has 5 nitrogen and oxygen atoms in total. The molecule has 20 heavy (non-hydrogen) atoms. The maximum atomic E-state index is 13.8. The summed E-state index contributed by atoms with van der Waals surface area (Å²) < 4.78 is 15.8. The lowest BCUT2D eigenvalue weighted by Gasteiger charge is -2.12. The molecule has 7 heteroatoms. The van der Waals surface area contributed by atoms with E-state index in [4.69, 9.17) is 5.73 Å². The van der Waals surface area contributed by atoms with Gasteiger partial charge in [-0.05, 0) is 40.8 Å². The highest BCUT2D eigenvalue weighted by Gasteiger charge is 2.12. The summed E-state index contributed by atoms with van der Waals surface area (Å²) in [5, 5.41) is 2.72. The van der Waals surface area contributed by atoms with Gasteiger partial charge in [-0.15, -0.1) is 0 Å². The zero-order valence-electron chi connectivity index (χ0n) is 10.5. The second-order valence-corrected chi connectivity index (χ2v) is 5.41. The molecular weight excluding hydrogens is 376 g/mol. The van der Waals surface area contributed by atoms with E-state index in [1.807, 2.05) is 22.6 Å². The number of carbonyl (C=O) groups is 1. The summed E-state index contributed by atoms with van der Waals surface area (Å²) in [5.74, 6) is -1.18. The van der Waals surface area contributed by atoms with Crippen LogP contribution in [0.2, 0.25) is 0 Å². The van der Waals surface area contributed by atoms with Gasteiger partial charge < -0.3 is 15.6 Å². The van der Waals surface area contributed by atoms with Gasteiger partial charge in [0, 0.05) is 22.9 Å². The Morgan fingerprint density at radius 3 is 2.65 bits per heavy atom. The van der Waals surface area contributed by atoms with Gasteiger partial charge in [0.1, 0.15) is 5.82 Å². The van der Waals surface area contributed by atoms with Gasteiger partial charge in [0.15, 0.2) is 0 Å². The number of aromatic nitrogens is 1. The van der Waals surface area contributed by atoms with E-state index in [2.05, 4.69) is 5.32 Å². The molecule has 0 fully saturated rings. The second-order valence-electron chi connectivity index (χ2n) is 4.16. The van der Waals surface area contributed by atoms with E-state index in [0.29, 0.717) is 0 Å². The van der Waals surface area contributed by atoms with Gasteiger partial charge in [0.05, 0.1) is 16.9 Å². The maximum Gasteiger partial charge on any atom is 0.252 e. The molecule has 1 heterocycles. The van der Waals surface area contributed by atoms with Crippen molar-refractivity contribution in [1.82, 2.24) is 4.57 Å². The van der Waals surface area contributed by atoms with Gasteiger partial charge >= 0.3 is 0 Å². The quantitative estimate of drug-likeness (QED) is 0.791. The minimum Gasteiger partial charge on any atom is -0.365 e. The molecule has 0 atom stereocenters. The first kappa shape index (κ1) is 14.5. The van der Waals surface area contributed by atoms with E-state index in [-0.39, 0.29) is 22.5 Å². The summed E-state index contributed by atoms with van der Waals surface area (Å²) >= 11 is 1.98. The van der Waals surface area contributed by atoms with Crippen molar-refractivity contribution in [2.24, 2.45) is 12.8 Å². The van der Waals surface area contributed by atoms with Crippen LogP contribution in [0.1, 0.15) is 10.4 Å². The fourth-order valence-corrected chi connectivity index (χ4v) is 2.12. The van der Waals surface area contributed by atoms with Crippen LogP contribution in [-0.2, 0) is 7.05 Å². The number of nitrogens with one attached hydrogen (secondary N) is 1. The third kappa shape index (κ3) is 2.98. The van der Waals surface area contributed by atoms with Crippen LogP contribution in [-0.4, -0.2) is 10.5 Å². The molecule has 0 bridgehead atoms. The number of hydrogen-bond acceptors (Lipinski definition) is 3. The third-order valence-corrected chi connectivity index (χ3v) is 3.37. The Hall–Kier alpha value is -1.90. The van der Waals surface area contributed by atoms with E-state index in [1.54, 1.807) is 6.07 Å². The standard InChI is InChI=1S/C13H11FIN3O2/c1-18-6-8(13(16)20)11(5-12(18)19)17-10-3-2-7(15)4-9(10)14/h2-6,17H,1H3,(H2,16,20). The van der Waals surface area contributed by atoms with E-state index in [1.165, 1.54) is 36.0 Å². The number of hydrogen-bond donors (Lipinski definition) is 2. The lowest BCUT2D eigenvalue weighted by Crippen LogP contribution is -2.22. The molecule has 0 aliphatic rings. The Morgan fingerprint density at radius 1 is 1.35 bits per heavy atom. The zero-order valence-corrected chi connectivity index (χ0v) is 12.6. The van der Waals surface area contributed by atoms with Crippen LogP contribution in [0.3, 0.4) is 0 Å². The monoisotopic (exact) mass is 387 g/mol. The number of nitrogens with two attached hydrogens (primary N) is 1. The Balaban J connectivity index is 2.50. The van der Waals surface area contributed by atoms with E-state index in [0.717, 1.165) is 3.57 Å². The number of amides is 1. The van der Waals surface area contributed by atoms with Crippen LogP contribution in [0.5, 0.6) is 0 Å². The highest BCUT2D eigenvalue weighted by atomic mass is 127. The first-order valence-electron chi connectivity index (χ1n) is 5.61. The molecule has 2 rings (SSSR count). The van der Waals surface area contributed by atoms with Crippen molar-refractivity contribution < 1.29 is 9.18 Å². The Labute approximate surface area is 127 Å². The van der Waals surface area contributed by atoms with Crippen LogP contribution in [0.25, 0.3) is 0 Å². The van der Waals surface area contributed by atoms with Crippen molar-refractivity contribution in [3.63, 3.8) is 0 Å². The van der Waals surface area contributed by atoms with Crippen molar-refractivity contribution in [2.75, 3.05) is 5.32 Å². The molecular formula is C13H11FIN3O2. The summed E-state index contributed by atoms with van der Waals surface area (Å²) in [4.78, 5) is 23.0. The summed E-state index contributed by atoms with van der Waals surface area (Å²) in [6, 6.07) is 5.78. The molecule has 0 unspecified atom stereocenters. The Kier molecular flexibility index (Phi) is 4.07. The average molecular weight is 387 g/mol. The highest BCUT2D eigenvalue weighted by Crippen LogP contribution is 2.23. The van der Waals surface area contributed by atoms with Crippen molar-refractivity contribution in [1.29, 1.82) is 0 Å². The predicted molar refractivity (Wildman–Crippen MR) is 82.6 cm³/mol. The molecule has 0 aliphatic carbocycles. The van der Waals surface area contributed by atoms with Crippen LogP contribution < -0.4 is 16.6 Å². The molecule has 2 aromatic rings. The van der Waals surface area contributed by atoms with Gasteiger partial charge in [0.25, 0.3) is 11.5 Å². The number of aryl methyl sites for hydroxylation is 1. The number of carbonyl (C=O) groups excluding carboxylic acids is 1. The molecule has 3 N–H and O–H groups in total. The van der Waals surface area contributed by atoms with Crippen LogP contribution in [0.15, 0.2) is 35.3 Å². The largest absolute Gasteiger partial charge is 0.365 e. The van der Waals surface area contributed by atoms with Crippen molar-refractivity contribution >= 4 is 39.9 Å². The van der Waals surface area contributed by atoms with Crippen molar-refractivity contribution in [2.45, 2.75) is 0 Å². The number of nitrogens with zero attached hydrogens (tertiary/aromatic N) is 1. The zero-order chi connectivity index (χ0) is 14.9. The molecule has 0 radical (unpaired) electrons. The first-order valence-corrected chi connectivity index (χ1v) is 6.69. The number of anilines is 2. The summed E-state index contributed by atoms with van der Waals surface area (Å²) in [6.45, 7) is 0. The van der Waals surface area contributed by atoms with Gasteiger partial charge in [-0.1, -0.05) is 0 Å². The summed E-state index contributed by atoms with van der Waals surface area (Å²) in [7, 11) is 1.50. The molecule has 104 valence electrons. The molecule has 1 amide bonds. The fourth-order valence-electron chi connectivity index (χ4n) is 1.67. The number of benzene rings is 1. The average Bonchev–Trinajstić information content (AvgIpc) is 2.36. The number of pyridine rings is 1. The highest BCUT2D eigenvalue weighted by molar-refractivity contribution is 14.1. The van der Waals surface area contributed by atoms with Crippen LogP contribution in [0.4, 0.5) is 15.8 Å². The molecule has 0 aliphatic heterocycles. The van der Waals surface area contributed by atoms with E-state index >= 15 is 0 Å². The lowest BCUT2D eigenvalue weighted by atomic mass is 10.2. The van der Waals surface area contributed by atoms with Crippen molar-refractivity contribution in [3.8, 4) is 0 Å². The first-order chi connectivity index (χ1) is 9.38. The van der Waals surface area contributed by atoms with Crippen LogP contribution in [0, 0.1) is 9.39 Å². The smallest absolute Gasteiger partial charge is 0.252 e. The van der Waals surface area contributed by atoms with Gasteiger partial charge in [-0.2, -0.15) is 0 Å². The van der Waals surface area contributed by atoms with Crippen molar-refractivity contribution in [3.05, 3.63) is 55.8 Å². The molecule has 1 aromatic heterocycles. The molecule has 0 saturated heterocycles. The second kappa shape index (κ2) is 5.61. The fraction of sp³-hybridized carbons (Fsp3) is 0.0769. The third-order valence-electron chi connectivity index (χ3n) is 2.69. The van der Waals surface area contributed by atoms with Gasteiger partial charge in [-0.3, -0.25) is 9.59 Å². The molecule has 1 aromatic carbocycles. The number of halogens is 2. The Morgan fingerprint density at radius 2 is 2.05 bits per heavy atom. The minimum atomic E-state index is -0.700. The number of rotatable bonds is 3. The van der Waals surface area contributed by atoms with E-state index < -0.39 is 11.7 Å². The number of primary amides is 1. The summed E-state index contributed by atoms with van der Waals surface area (Å²) in [6.07, 6.45) is 1.32. The van der Waals surface area contributed by atoms with Gasteiger partial charge in [-0.25, -0.2) is 4.39 Å².